The van der Waals surface area contributed by atoms with Crippen LogP contribution in [-0.2, 0) is 10.8 Å². The molecular weight excluding hydrogens is 635 g/mol. The zero-order valence-electron chi connectivity index (χ0n) is 29.9. The maximum absolute atomic E-state index is 5.19. The maximum atomic E-state index is 5.19. The van der Waals surface area contributed by atoms with Crippen LogP contribution in [-0.4, -0.2) is 24.1 Å². The number of nitrogens with zero attached hydrogens (tertiary/aromatic N) is 5. The van der Waals surface area contributed by atoms with E-state index in [1.807, 2.05) is 36.4 Å². The highest BCUT2D eigenvalue weighted by molar-refractivity contribution is 6.19. The van der Waals surface area contributed by atoms with E-state index in [1.54, 1.807) is 0 Å². The summed E-state index contributed by atoms with van der Waals surface area (Å²) >= 11 is 0. The van der Waals surface area contributed by atoms with E-state index in [-0.39, 0.29) is 10.8 Å². The molecule has 0 fully saturated rings. The van der Waals surface area contributed by atoms with Crippen molar-refractivity contribution in [1.29, 1.82) is 0 Å². The lowest BCUT2D eigenvalue weighted by Crippen LogP contribution is -2.33. The van der Waals surface area contributed by atoms with Crippen LogP contribution >= 0.6 is 0 Å². The summed E-state index contributed by atoms with van der Waals surface area (Å²) in [5.41, 5.74) is 10.7. The first-order chi connectivity index (χ1) is 25.3. The van der Waals surface area contributed by atoms with E-state index in [2.05, 4.69) is 140 Å². The number of aromatic nitrogens is 5. The van der Waals surface area contributed by atoms with Gasteiger partial charge in [0.2, 0.25) is 5.95 Å². The molecule has 10 rings (SSSR count). The first-order valence-corrected chi connectivity index (χ1v) is 18.3. The maximum Gasteiger partial charge on any atom is 0.238 e. The van der Waals surface area contributed by atoms with E-state index >= 15 is 0 Å². The highest BCUT2D eigenvalue weighted by atomic mass is 15.2. The molecule has 52 heavy (non-hydrogen) atoms. The third kappa shape index (κ3) is 4.65. The van der Waals surface area contributed by atoms with E-state index in [9.17, 15) is 0 Å². The van der Waals surface area contributed by atoms with Gasteiger partial charge in [0.25, 0.3) is 0 Å². The van der Waals surface area contributed by atoms with Crippen molar-refractivity contribution in [3.05, 3.63) is 151 Å². The van der Waals surface area contributed by atoms with Crippen LogP contribution in [0.3, 0.4) is 0 Å². The molecule has 0 spiro atoms. The molecule has 0 unspecified atom stereocenters. The Morgan fingerprint density at radius 3 is 1.54 bits per heavy atom. The molecule has 0 aliphatic heterocycles. The standard InChI is InChI=1S/C47H39N5/c1-46(2)24-25-47(3,4)38-28-40-36(27-37(38)46)35-26-34-33-22-14-15-23-39(33)52(42(34)29-41(35)51(40)32-20-12-7-13-21-32)45-49-43(30-16-8-5-9-17-30)48-44(50-45)31-18-10-6-11-19-31/h5-23,26-29H,24-25H2,1-4H3. The SMILES string of the molecule is CC1(C)CCC(C)(C)c2cc3c(cc21)c1cc2c4ccccc4n(-c4nc(-c5ccccc5)nc(-c5ccccc5)n4)c2cc1n3-c1ccccc1. The Bertz CT molecular complexity index is 2770. The van der Waals surface area contributed by atoms with Crippen molar-refractivity contribution < 1.29 is 0 Å². The van der Waals surface area contributed by atoms with Gasteiger partial charge in [-0.2, -0.15) is 9.97 Å². The minimum absolute atomic E-state index is 0.0973. The second-order valence-corrected chi connectivity index (χ2v) is 15.6. The highest BCUT2D eigenvalue weighted by Gasteiger charge is 2.38. The number of hydrogen-bond donors (Lipinski definition) is 0. The third-order valence-corrected chi connectivity index (χ3v) is 11.4. The fourth-order valence-corrected chi connectivity index (χ4v) is 8.51. The fraction of sp³-hybridized carbons (Fsp3) is 0.170. The van der Waals surface area contributed by atoms with Gasteiger partial charge in [0.15, 0.2) is 11.6 Å². The van der Waals surface area contributed by atoms with E-state index in [0.717, 1.165) is 33.4 Å². The Labute approximate surface area is 303 Å². The van der Waals surface area contributed by atoms with Crippen molar-refractivity contribution in [1.82, 2.24) is 24.1 Å². The first-order valence-electron chi connectivity index (χ1n) is 18.3. The van der Waals surface area contributed by atoms with E-state index < -0.39 is 0 Å². The number of hydrogen-bond acceptors (Lipinski definition) is 3. The van der Waals surface area contributed by atoms with Gasteiger partial charge < -0.3 is 4.57 Å². The average molecular weight is 674 g/mol. The summed E-state index contributed by atoms with van der Waals surface area (Å²) in [6.07, 6.45) is 2.35. The minimum atomic E-state index is 0.0973. The average Bonchev–Trinajstić information content (AvgIpc) is 3.67. The molecule has 9 aromatic rings. The molecule has 5 nitrogen and oxygen atoms in total. The van der Waals surface area contributed by atoms with Gasteiger partial charge in [-0.15, -0.1) is 0 Å². The van der Waals surface area contributed by atoms with Crippen LogP contribution in [0, 0.1) is 0 Å². The number of rotatable bonds is 4. The van der Waals surface area contributed by atoms with Gasteiger partial charge in [0.05, 0.1) is 22.1 Å². The monoisotopic (exact) mass is 673 g/mol. The molecule has 3 heterocycles. The van der Waals surface area contributed by atoms with E-state index in [4.69, 9.17) is 15.0 Å². The topological polar surface area (TPSA) is 48.5 Å². The Balaban J connectivity index is 1.34. The molecule has 0 N–H and O–H groups in total. The van der Waals surface area contributed by atoms with Gasteiger partial charge in [0, 0.05) is 38.4 Å². The van der Waals surface area contributed by atoms with Gasteiger partial charge in [-0.3, -0.25) is 4.57 Å². The van der Waals surface area contributed by atoms with Crippen molar-refractivity contribution >= 4 is 43.6 Å². The largest absolute Gasteiger partial charge is 0.309 e. The van der Waals surface area contributed by atoms with Crippen molar-refractivity contribution in [2.75, 3.05) is 0 Å². The van der Waals surface area contributed by atoms with Crippen LogP contribution in [0.4, 0.5) is 0 Å². The van der Waals surface area contributed by atoms with Crippen LogP contribution in [0.15, 0.2) is 140 Å². The van der Waals surface area contributed by atoms with Gasteiger partial charge in [-0.1, -0.05) is 125 Å². The van der Waals surface area contributed by atoms with Crippen LogP contribution in [0.25, 0.3) is 78.0 Å². The zero-order valence-corrected chi connectivity index (χ0v) is 29.9. The predicted octanol–water partition coefficient (Wildman–Crippen LogP) is 11.7. The van der Waals surface area contributed by atoms with Gasteiger partial charge in [-0.05, 0) is 77.3 Å². The summed E-state index contributed by atoms with van der Waals surface area (Å²) in [6.45, 7) is 9.65. The van der Waals surface area contributed by atoms with Gasteiger partial charge in [0.1, 0.15) is 0 Å². The summed E-state index contributed by atoms with van der Waals surface area (Å²) in [4.78, 5) is 15.4. The Hall–Kier alpha value is -6.07. The Kier molecular flexibility index (Phi) is 6.63. The van der Waals surface area contributed by atoms with Crippen molar-refractivity contribution in [2.24, 2.45) is 0 Å². The van der Waals surface area contributed by atoms with E-state index in [0.29, 0.717) is 17.6 Å². The molecule has 252 valence electrons. The number of benzene rings is 6. The second-order valence-electron chi connectivity index (χ2n) is 15.6. The fourth-order valence-electron chi connectivity index (χ4n) is 8.51. The molecular formula is C47H39N5. The smallest absolute Gasteiger partial charge is 0.238 e. The molecule has 0 atom stereocenters. The lowest BCUT2D eigenvalue weighted by Gasteiger charge is -2.42. The molecule has 0 bridgehead atoms. The molecule has 0 saturated heterocycles. The summed E-state index contributed by atoms with van der Waals surface area (Å²) < 4.78 is 4.69. The minimum Gasteiger partial charge on any atom is -0.309 e. The second kappa shape index (κ2) is 11.2. The highest BCUT2D eigenvalue weighted by Crippen LogP contribution is 2.49. The normalized spacial score (nSPS) is 15.1. The zero-order chi connectivity index (χ0) is 35.2. The molecule has 6 aromatic carbocycles. The van der Waals surface area contributed by atoms with Crippen LogP contribution in [0.2, 0.25) is 0 Å². The molecule has 1 aliphatic carbocycles. The summed E-state index contributed by atoms with van der Waals surface area (Å²) in [5.74, 6) is 1.89. The van der Waals surface area contributed by atoms with Crippen LogP contribution in [0.1, 0.15) is 51.7 Å². The summed E-state index contributed by atoms with van der Waals surface area (Å²) in [6, 6.07) is 49.6. The Morgan fingerprint density at radius 2 is 0.904 bits per heavy atom. The molecule has 5 heteroatoms. The lowest BCUT2D eigenvalue weighted by atomic mass is 9.63. The molecule has 0 saturated carbocycles. The molecule has 3 aromatic heterocycles. The molecule has 0 radical (unpaired) electrons. The number of fused-ring (bicyclic) bond motifs is 7. The van der Waals surface area contributed by atoms with Gasteiger partial charge >= 0.3 is 0 Å². The number of para-hydroxylation sites is 2. The molecule has 1 aliphatic rings. The predicted molar refractivity (Wildman–Crippen MR) is 215 cm³/mol. The first kappa shape index (κ1) is 30.7. The van der Waals surface area contributed by atoms with Crippen molar-refractivity contribution in [2.45, 2.75) is 51.4 Å². The van der Waals surface area contributed by atoms with Crippen molar-refractivity contribution in [3.63, 3.8) is 0 Å². The lowest BCUT2D eigenvalue weighted by molar-refractivity contribution is 0.332. The van der Waals surface area contributed by atoms with Crippen molar-refractivity contribution in [3.8, 4) is 34.4 Å². The summed E-state index contributed by atoms with van der Waals surface area (Å²) in [7, 11) is 0. The summed E-state index contributed by atoms with van der Waals surface area (Å²) in [5, 5.41) is 4.89. The quantitative estimate of drug-likeness (QED) is 0.187. The van der Waals surface area contributed by atoms with Crippen LogP contribution in [0.5, 0.6) is 0 Å². The van der Waals surface area contributed by atoms with Gasteiger partial charge in [-0.25, -0.2) is 4.98 Å². The third-order valence-electron chi connectivity index (χ3n) is 11.4. The van der Waals surface area contributed by atoms with E-state index in [1.165, 1.54) is 51.0 Å². The Morgan fingerprint density at radius 1 is 0.423 bits per heavy atom. The van der Waals surface area contributed by atoms with Crippen LogP contribution < -0.4 is 0 Å². The molecule has 0 amide bonds.